The van der Waals surface area contributed by atoms with Crippen molar-refractivity contribution in [1.29, 1.82) is 0 Å². The second-order valence-corrected chi connectivity index (χ2v) is 5.70. The normalized spacial score (nSPS) is 18.1. The zero-order valence-electron chi connectivity index (χ0n) is 12.1. The Bertz CT molecular complexity index is 308. The molecule has 1 aliphatic rings. The van der Waals surface area contributed by atoms with E-state index in [2.05, 4.69) is 37.3 Å². The highest BCUT2D eigenvalue weighted by Crippen LogP contribution is 2.46. The van der Waals surface area contributed by atoms with E-state index in [9.17, 15) is 0 Å². The molecule has 0 aliphatic heterocycles. The summed E-state index contributed by atoms with van der Waals surface area (Å²) in [5.74, 6) is 4.19. The largest absolute Gasteiger partial charge is 0.357 e. The van der Waals surface area contributed by atoms with Crippen molar-refractivity contribution in [3.8, 4) is 12.3 Å². The third kappa shape index (κ3) is 4.60. The van der Waals surface area contributed by atoms with Crippen molar-refractivity contribution in [3.05, 3.63) is 0 Å². The van der Waals surface area contributed by atoms with E-state index in [0.29, 0.717) is 12.0 Å². The van der Waals surface area contributed by atoms with Gasteiger partial charge in [0.25, 0.3) is 0 Å². The average Bonchev–Trinajstić information content (AvgIpc) is 2.28. The Morgan fingerprint density at radius 2 is 2.11 bits per heavy atom. The zero-order valence-corrected chi connectivity index (χ0v) is 12.1. The van der Waals surface area contributed by atoms with Crippen LogP contribution >= 0.6 is 0 Å². The van der Waals surface area contributed by atoms with Gasteiger partial charge in [-0.2, -0.15) is 0 Å². The summed E-state index contributed by atoms with van der Waals surface area (Å²) in [7, 11) is 0. The lowest BCUT2D eigenvalue weighted by molar-refractivity contribution is 0.111. The van der Waals surface area contributed by atoms with Crippen LogP contribution in [0.4, 0.5) is 0 Å². The van der Waals surface area contributed by atoms with E-state index < -0.39 is 0 Å². The van der Waals surface area contributed by atoms with E-state index in [0.717, 1.165) is 25.0 Å². The molecule has 0 amide bonds. The van der Waals surface area contributed by atoms with Crippen LogP contribution in [0.25, 0.3) is 0 Å². The molecule has 18 heavy (non-hydrogen) atoms. The van der Waals surface area contributed by atoms with Gasteiger partial charge in [0.1, 0.15) is 0 Å². The van der Waals surface area contributed by atoms with Crippen LogP contribution in [0.2, 0.25) is 0 Å². The van der Waals surface area contributed by atoms with Gasteiger partial charge in [-0.25, -0.2) is 0 Å². The van der Waals surface area contributed by atoms with Crippen LogP contribution in [0.15, 0.2) is 4.99 Å². The molecular weight excluding hydrogens is 222 g/mol. The Morgan fingerprint density at radius 1 is 1.39 bits per heavy atom. The van der Waals surface area contributed by atoms with Crippen LogP contribution in [0.5, 0.6) is 0 Å². The van der Waals surface area contributed by atoms with E-state index in [1.807, 2.05) is 0 Å². The summed E-state index contributed by atoms with van der Waals surface area (Å²) in [5.41, 5.74) is 0.451. The SMILES string of the molecule is C#CCNC(=NCC1(CC(C)C)CCC1)NCC. The van der Waals surface area contributed by atoms with Crippen molar-refractivity contribution in [1.82, 2.24) is 10.6 Å². The Balaban J connectivity index is 2.53. The van der Waals surface area contributed by atoms with E-state index in [1.54, 1.807) is 0 Å². The Labute approximate surface area is 112 Å². The minimum absolute atomic E-state index is 0.451. The maximum atomic E-state index is 5.26. The van der Waals surface area contributed by atoms with Crippen LogP contribution in [-0.4, -0.2) is 25.6 Å². The highest BCUT2D eigenvalue weighted by molar-refractivity contribution is 5.80. The molecule has 0 heterocycles. The highest BCUT2D eigenvalue weighted by Gasteiger charge is 2.37. The van der Waals surface area contributed by atoms with Crippen LogP contribution < -0.4 is 10.6 Å². The summed E-state index contributed by atoms with van der Waals surface area (Å²) in [6.45, 7) is 8.99. The third-order valence-electron chi connectivity index (χ3n) is 3.53. The summed E-state index contributed by atoms with van der Waals surface area (Å²) < 4.78 is 0. The molecule has 1 rings (SSSR count). The lowest BCUT2D eigenvalue weighted by Gasteiger charge is -2.42. The number of terminal acetylenes is 1. The third-order valence-corrected chi connectivity index (χ3v) is 3.53. The Morgan fingerprint density at radius 3 is 2.56 bits per heavy atom. The van der Waals surface area contributed by atoms with Gasteiger partial charge in [-0.05, 0) is 37.5 Å². The average molecular weight is 249 g/mol. The van der Waals surface area contributed by atoms with E-state index >= 15 is 0 Å². The van der Waals surface area contributed by atoms with Gasteiger partial charge in [0.15, 0.2) is 5.96 Å². The number of hydrogen-bond donors (Lipinski definition) is 2. The quantitative estimate of drug-likeness (QED) is 0.431. The maximum absolute atomic E-state index is 5.26. The fourth-order valence-electron chi connectivity index (χ4n) is 2.69. The van der Waals surface area contributed by atoms with Gasteiger partial charge in [0.05, 0.1) is 6.54 Å². The molecule has 102 valence electrons. The van der Waals surface area contributed by atoms with Gasteiger partial charge in [-0.1, -0.05) is 26.2 Å². The summed E-state index contributed by atoms with van der Waals surface area (Å²) >= 11 is 0. The lowest BCUT2D eigenvalue weighted by atomic mass is 9.64. The van der Waals surface area contributed by atoms with Crippen molar-refractivity contribution < 1.29 is 0 Å². The predicted octanol–water partition coefficient (Wildman–Crippen LogP) is 2.39. The van der Waals surface area contributed by atoms with Crippen molar-refractivity contribution in [2.75, 3.05) is 19.6 Å². The molecule has 0 aromatic heterocycles. The topological polar surface area (TPSA) is 36.4 Å². The summed E-state index contributed by atoms with van der Waals surface area (Å²) in [5, 5.41) is 6.38. The maximum Gasteiger partial charge on any atom is 0.192 e. The molecule has 1 fully saturated rings. The molecule has 0 radical (unpaired) electrons. The van der Waals surface area contributed by atoms with E-state index in [1.165, 1.54) is 25.7 Å². The van der Waals surface area contributed by atoms with E-state index in [-0.39, 0.29) is 0 Å². The number of nitrogens with zero attached hydrogens (tertiary/aromatic N) is 1. The van der Waals surface area contributed by atoms with Crippen molar-refractivity contribution in [3.63, 3.8) is 0 Å². The Kier molecular flexibility index (Phi) is 6.04. The second-order valence-electron chi connectivity index (χ2n) is 5.70. The molecule has 0 bridgehead atoms. The minimum atomic E-state index is 0.451. The van der Waals surface area contributed by atoms with Crippen LogP contribution in [0.1, 0.15) is 46.5 Å². The van der Waals surface area contributed by atoms with Gasteiger partial charge in [-0.15, -0.1) is 6.42 Å². The minimum Gasteiger partial charge on any atom is -0.357 e. The van der Waals surface area contributed by atoms with Crippen LogP contribution in [0, 0.1) is 23.7 Å². The molecule has 0 saturated heterocycles. The van der Waals surface area contributed by atoms with Gasteiger partial charge < -0.3 is 10.6 Å². The van der Waals surface area contributed by atoms with Crippen molar-refractivity contribution in [2.24, 2.45) is 16.3 Å². The molecule has 0 aromatic carbocycles. The molecule has 3 nitrogen and oxygen atoms in total. The van der Waals surface area contributed by atoms with Crippen molar-refractivity contribution >= 4 is 5.96 Å². The molecule has 2 N–H and O–H groups in total. The van der Waals surface area contributed by atoms with Crippen molar-refractivity contribution in [2.45, 2.75) is 46.5 Å². The Hall–Kier alpha value is -1.17. The summed E-state index contributed by atoms with van der Waals surface area (Å²) in [6.07, 6.45) is 10.5. The molecule has 0 unspecified atom stereocenters. The molecule has 1 saturated carbocycles. The summed E-state index contributed by atoms with van der Waals surface area (Å²) in [4.78, 5) is 4.70. The molecule has 0 atom stereocenters. The zero-order chi connectivity index (χ0) is 13.4. The molecule has 3 heteroatoms. The van der Waals surface area contributed by atoms with Gasteiger partial charge >= 0.3 is 0 Å². The first-order chi connectivity index (χ1) is 8.62. The first kappa shape index (κ1) is 14.9. The van der Waals surface area contributed by atoms with Crippen LogP contribution in [0.3, 0.4) is 0 Å². The van der Waals surface area contributed by atoms with Gasteiger partial charge in [-0.3, -0.25) is 4.99 Å². The first-order valence-electron chi connectivity index (χ1n) is 7.07. The smallest absolute Gasteiger partial charge is 0.192 e. The monoisotopic (exact) mass is 249 g/mol. The van der Waals surface area contributed by atoms with Gasteiger partial charge in [0, 0.05) is 13.1 Å². The summed E-state index contributed by atoms with van der Waals surface area (Å²) in [6, 6.07) is 0. The number of rotatable bonds is 6. The predicted molar refractivity (Wildman–Crippen MR) is 78.6 cm³/mol. The lowest BCUT2D eigenvalue weighted by Crippen LogP contribution is -2.40. The number of guanidine groups is 1. The van der Waals surface area contributed by atoms with Gasteiger partial charge in [0.2, 0.25) is 0 Å². The molecule has 0 spiro atoms. The fraction of sp³-hybridized carbons (Fsp3) is 0.800. The second kappa shape index (κ2) is 7.31. The number of aliphatic imine (C=N–C) groups is 1. The first-order valence-corrected chi connectivity index (χ1v) is 7.07. The number of hydrogen-bond acceptors (Lipinski definition) is 1. The molecular formula is C15H27N3. The molecule has 1 aliphatic carbocycles. The number of nitrogens with one attached hydrogen (secondary N) is 2. The highest BCUT2D eigenvalue weighted by atomic mass is 15.2. The van der Waals surface area contributed by atoms with Crippen LogP contribution in [-0.2, 0) is 0 Å². The standard InChI is InChI=1S/C15H27N3/c1-5-10-17-14(16-6-2)18-12-15(8-7-9-15)11-13(3)4/h1,13H,6-12H2,2-4H3,(H2,16,17,18). The molecule has 0 aromatic rings. The fourth-order valence-corrected chi connectivity index (χ4v) is 2.69. The van der Waals surface area contributed by atoms with E-state index in [4.69, 9.17) is 11.4 Å².